The van der Waals surface area contributed by atoms with Crippen molar-refractivity contribution in [3.05, 3.63) is 76.7 Å². The predicted molar refractivity (Wildman–Crippen MR) is 88.5 cm³/mol. The Kier molecular flexibility index (Phi) is 4.55. The topological polar surface area (TPSA) is 120 Å². The molecular weight excluding hydrogens is 346 g/mol. The van der Waals surface area contributed by atoms with Gasteiger partial charge in [-0.05, 0) is 29.8 Å². The molecule has 0 aliphatic carbocycles. The molecule has 1 N–H and O–H groups in total. The Morgan fingerprint density at radius 2 is 1.96 bits per heavy atom. The largest absolute Gasteiger partial charge is 0.289 e. The molecule has 0 radical (unpaired) electrons. The fourth-order valence-corrected chi connectivity index (χ4v) is 3.38. The lowest BCUT2D eigenvalue weighted by molar-refractivity contribution is -0.387. The van der Waals surface area contributed by atoms with Crippen molar-refractivity contribution in [1.29, 1.82) is 0 Å². The van der Waals surface area contributed by atoms with Gasteiger partial charge in [-0.3, -0.25) is 10.1 Å². The summed E-state index contributed by atoms with van der Waals surface area (Å²) in [5.41, 5.74) is 0.171. The van der Waals surface area contributed by atoms with Crippen LogP contribution in [0.2, 0.25) is 0 Å². The molecule has 3 aromatic rings. The summed E-state index contributed by atoms with van der Waals surface area (Å²) in [6.07, 6.45) is 4.85. The van der Waals surface area contributed by atoms with Crippen LogP contribution in [0.5, 0.6) is 0 Å². The highest BCUT2D eigenvalue weighted by molar-refractivity contribution is 7.89. The van der Waals surface area contributed by atoms with Crippen LogP contribution in [0.3, 0.4) is 0 Å². The monoisotopic (exact) mass is 359 g/mol. The Labute approximate surface area is 143 Å². The quantitative estimate of drug-likeness (QED) is 0.528. The second-order valence-corrected chi connectivity index (χ2v) is 6.76. The van der Waals surface area contributed by atoms with Gasteiger partial charge in [0, 0.05) is 31.2 Å². The maximum atomic E-state index is 12.4. The highest BCUT2D eigenvalue weighted by Gasteiger charge is 2.24. The van der Waals surface area contributed by atoms with E-state index in [4.69, 9.17) is 0 Å². The van der Waals surface area contributed by atoms with Gasteiger partial charge in [0.15, 0.2) is 10.7 Å². The number of nitrogens with zero attached hydrogens (tertiary/aromatic N) is 4. The average molecular weight is 359 g/mol. The lowest BCUT2D eigenvalue weighted by Gasteiger charge is -2.08. The number of nitro benzene ring substituents is 1. The Bertz CT molecular complexity index is 1000. The van der Waals surface area contributed by atoms with E-state index < -0.39 is 20.6 Å². The smallest absolute Gasteiger partial charge is 0.258 e. The van der Waals surface area contributed by atoms with Crippen LogP contribution in [0, 0.1) is 10.1 Å². The molecule has 10 heteroatoms. The fourth-order valence-electron chi connectivity index (χ4n) is 2.19. The van der Waals surface area contributed by atoms with Crippen LogP contribution < -0.4 is 4.72 Å². The third-order valence-corrected chi connectivity index (χ3v) is 4.82. The minimum atomic E-state index is -4.04. The summed E-state index contributed by atoms with van der Waals surface area (Å²) in [7, 11) is -4.04. The van der Waals surface area contributed by atoms with Crippen LogP contribution in [-0.2, 0) is 16.6 Å². The molecule has 0 aliphatic rings. The van der Waals surface area contributed by atoms with Crippen molar-refractivity contribution in [1.82, 2.24) is 19.5 Å². The first kappa shape index (κ1) is 16.7. The van der Waals surface area contributed by atoms with Crippen molar-refractivity contribution in [2.75, 3.05) is 0 Å². The van der Waals surface area contributed by atoms with E-state index in [0.717, 1.165) is 6.07 Å². The van der Waals surface area contributed by atoms with Crippen molar-refractivity contribution >= 4 is 15.7 Å². The van der Waals surface area contributed by atoms with Gasteiger partial charge in [-0.2, -0.15) is 5.10 Å². The summed E-state index contributed by atoms with van der Waals surface area (Å²) in [5, 5.41) is 15.1. The van der Waals surface area contributed by atoms with E-state index in [2.05, 4.69) is 14.8 Å². The number of hydrogen-bond donors (Lipinski definition) is 1. The van der Waals surface area contributed by atoms with Gasteiger partial charge in [0.05, 0.1) is 4.92 Å². The number of nitro groups is 1. The highest BCUT2D eigenvalue weighted by Crippen LogP contribution is 2.22. The number of pyridine rings is 1. The molecule has 0 bridgehead atoms. The van der Waals surface area contributed by atoms with Gasteiger partial charge >= 0.3 is 0 Å². The van der Waals surface area contributed by atoms with Crippen molar-refractivity contribution < 1.29 is 13.3 Å². The minimum absolute atomic E-state index is 0.0365. The molecule has 0 atom stereocenters. The molecule has 0 saturated carbocycles. The zero-order chi connectivity index (χ0) is 17.9. The summed E-state index contributed by atoms with van der Waals surface area (Å²) in [6.45, 7) is -0.0365. The number of aromatic nitrogens is 3. The second-order valence-electron chi connectivity index (χ2n) is 5.02. The number of sulfonamides is 1. The van der Waals surface area contributed by atoms with E-state index in [-0.39, 0.29) is 11.4 Å². The number of rotatable bonds is 6. The van der Waals surface area contributed by atoms with Crippen LogP contribution in [-0.4, -0.2) is 28.1 Å². The molecule has 3 rings (SSSR count). The SMILES string of the molecule is O=[N+]([O-])c1ccccc1S(=O)(=O)NCc1ccnc(-n2cccn2)c1. The van der Waals surface area contributed by atoms with Crippen LogP contribution in [0.15, 0.2) is 66.0 Å². The van der Waals surface area contributed by atoms with Crippen molar-refractivity contribution in [3.63, 3.8) is 0 Å². The number of benzene rings is 1. The Balaban J connectivity index is 1.82. The lowest BCUT2D eigenvalue weighted by Crippen LogP contribution is -2.24. The number of nitrogens with one attached hydrogen (secondary N) is 1. The van der Waals surface area contributed by atoms with Gasteiger partial charge in [0.1, 0.15) is 0 Å². The third kappa shape index (κ3) is 3.70. The minimum Gasteiger partial charge on any atom is -0.258 e. The maximum absolute atomic E-state index is 12.4. The summed E-state index contributed by atoms with van der Waals surface area (Å²) in [4.78, 5) is 14.1. The highest BCUT2D eigenvalue weighted by atomic mass is 32.2. The van der Waals surface area contributed by atoms with Crippen molar-refractivity contribution in [3.8, 4) is 5.82 Å². The number of para-hydroxylation sites is 1. The van der Waals surface area contributed by atoms with Gasteiger partial charge in [-0.1, -0.05) is 12.1 Å². The summed E-state index contributed by atoms with van der Waals surface area (Å²) in [5.74, 6) is 0.535. The lowest BCUT2D eigenvalue weighted by atomic mass is 10.2. The predicted octanol–water partition coefficient (Wildman–Crippen LogP) is 1.65. The van der Waals surface area contributed by atoms with Gasteiger partial charge in [-0.25, -0.2) is 22.8 Å². The first-order chi connectivity index (χ1) is 12.0. The van der Waals surface area contributed by atoms with Crippen LogP contribution in [0.1, 0.15) is 5.56 Å². The first-order valence-corrected chi connectivity index (χ1v) is 8.64. The van der Waals surface area contributed by atoms with Gasteiger partial charge in [0.25, 0.3) is 5.69 Å². The van der Waals surface area contributed by atoms with E-state index in [9.17, 15) is 18.5 Å². The molecule has 0 amide bonds. The molecule has 0 saturated heterocycles. The number of hydrogen-bond acceptors (Lipinski definition) is 6. The standard InChI is InChI=1S/C15H13N5O4S/c21-20(22)13-4-1-2-5-14(13)25(23,24)18-11-12-6-8-16-15(10-12)19-9-3-7-17-19/h1-10,18H,11H2. The molecule has 0 unspecified atom stereocenters. The van der Waals surface area contributed by atoms with Gasteiger partial charge < -0.3 is 0 Å². The van der Waals surface area contributed by atoms with E-state index in [1.54, 1.807) is 35.3 Å². The van der Waals surface area contributed by atoms with Gasteiger partial charge in [0.2, 0.25) is 10.0 Å². The molecule has 2 aromatic heterocycles. The zero-order valence-electron chi connectivity index (χ0n) is 12.8. The molecule has 128 valence electrons. The average Bonchev–Trinajstić information content (AvgIpc) is 3.15. The zero-order valence-corrected chi connectivity index (χ0v) is 13.6. The van der Waals surface area contributed by atoms with E-state index >= 15 is 0 Å². The molecular formula is C15H13N5O4S. The Morgan fingerprint density at radius 3 is 2.68 bits per heavy atom. The molecule has 9 nitrogen and oxygen atoms in total. The van der Waals surface area contributed by atoms with Crippen molar-refractivity contribution in [2.45, 2.75) is 11.4 Å². The van der Waals surface area contributed by atoms with Crippen molar-refractivity contribution in [2.24, 2.45) is 0 Å². The normalized spacial score (nSPS) is 11.4. The third-order valence-electron chi connectivity index (χ3n) is 3.37. The van der Waals surface area contributed by atoms with E-state index in [1.807, 2.05) is 0 Å². The molecule has 0 spiro atoms. The Hall–Kier alpha value is -3.11. The van der Waals surface area contributed by atoms with Crippen LogP contribution >= 0.6 is 0 Å². The Morgan fingerprint density at radius 1 is 1.16 bits per heavy atom. The fraction of sp³-hybridized carbons (Fsp3) is 0.0667. The van der Waals surface area contributed by atoms with Crippen LogP contribution in [0.4, 0.5) is 5.69 Å². The maximum Gasteiger partial charge on any atom is 0.289 e. The molecule has 0 aliphatic heterocycles. The molecule has 25 heavy (non-hydrogen) atoms. The first-order valence-electron chi connectivity index (χ1n) is 7.15. The molecule has 0 fully saturated rings. The van der Waals surface area contributed by atoms with E-state index in [1.165, 1.54) is 24.4 Å². The van der Waals surface area contributed by atoms with E-state index in [0.29, 0.717) is 11.4 Å². The summed E-state index contributed by atoms with van der Waals surface area (Å²) < 4.78 is 28.7. The summed E-state index contributed by atoms with van der Waals surface area (Å²) in [6, 6.07) is 10.3. The molecule has 2 heterocycles. The van der Waals surface area contributed by atoms with Crippen LogP contribution in [0.25, 0.3) is 5.82 Å². The van der Waals surface area contributed by atoms with Gasteiger partial charge in [-0.15, -0.1) is 0 Å². The molecule has 1 aromatic carbocycles. The summed E-state index contributed by atoms with van der Waals surface area (Å²) >= 11 is 0. The second kappa shape index (κ2) is 6.79.